The number of tetrazole rings is 1. The van der Waals surface area contributed by atoms with Gasteiger partial charge in [-0.2, -0.15) is 23.0 Å². The minimum absolute atomic E-state index is 0.0564. The number of H-pyrrole nitrogens is 1. The van der Waals surface area contributed by atoms with Crippen molar-refractivity contribution in [2.45, 2.75) is 6.18 Å². The van der Waals surface area contributed by atoms with Crippen LogP contribution in [-0.2, 0) is 0 Å². The van der Waals surface area contributed by atoms with Crippen molar-refractivity contribution >= 4 is 5.91 Å². The molecule has 0 saturated heterocycles. The number of hydrogen-bond donors (Lipinski definition) is 1. The van der Waals surface area contributed by atoms with Crippen LogP contribution in [0.3, 0.4) is 0 Å². The molecule has 2 rings (SSSR count). The first-order valence-electron chi connectivity index (χ1n) is 4.97. The van der Waals surface area contributed by atoms with Gasteiger partial charge in [0.25, 0.3) is 5.91 Å². The molecule has 102 valence electrons. The van der Waals surface area contributed by atoms with E-state index in [1.807, 2.05) is 0 Å². The predicted molar refractivity (Wildman–Crippen MR) is 54.3 cm³/mol. The van der Waals surface area contributed by atoms with Crippen LogP contribution in [0.5, 0.6) is 0 Å². The lowest BCUT2D eigenvalue weighted by Crippen LogP contribution is -2.36. The molecule has 0 aromatic carbocycles. The molecule has 0 saturated carbocycles. The molecule has 0 fully saturated rings. The molecule has 0 atom stereocenters. The molecule has 2 heterocycles. The van der Waals surface area contributed by atoms with Gasteiger partial charge >= 0.3 is 6.18 Å². The summed E-state index contributed by atoms with van der Waals surface area (Å²) in [6.45, 7) is -1.36. The first kappa shape index (κ1) is 13.0. The molecular weight excluding hydrogens is 267 g/mol. The van der Waals surface area contributed by atoms with Gasteiger partial charge in [-0.3, -0.25) is 9.89 Å². The molecule has 1 amide bonds. The van der Waals surface area contributed by atoms with Crippen LogP contribution in [0.1, 0.15) is 10.4 Å². The number of halogens is 3. The maximum atomic E-state index is 12.2. The molecule has 19 heavy (non-hydrogen) atoms. The van der Waals surface area contributed by atoms with Crippen LogP contribution in [0.4, 0.5) is 13.2 Å². The number of nitrogens with zero attached hydrogens (tertiary/aromatic N) is 6. The zero-order chi connectivity index (χ0) is 14.0. The highest BCUT2D eigenvalue weighted by molar-refractivity contribution is 5.96. The summed E-state index contributed by atoms with van der Waals surface area (Å²) in [6.07, 6.45) is -2.16. The number of aromatic nitrogens is 6. The van der Waals surface area contributed by atoms with E-state index in [4.69, 9.17) is 0 Å². The summed E-state index contributed by atoms with van der Waals surface area (Å²) in [4.78, 5) is 12.4. The number of carbonyl (C=O) groups excluding carboxylic acids is 1. The van der Waals surface area contributed by atoms with Crippen molar-refractivity contribution in [2.75, 3.05) is 13.6 Å². The molecule has 1 N–H and O–H groups in total. The van der Waals surface area contributed by atoms with Crippen LogP contribution < -0.4 is 0 Å². The SMILES string of the molecule is CN(CC(F)(F)F)C(=O)c1cn[nH]c1-n1cnnn1. The number of hydrogen-bond acceptors (Lipinski definition) is 5. The zero-order valence-electron chi connectivity index (χ0n) is 9.59. The van der Waals surface area contributed by atoms with Crippen molar-refractivity contribution in [3.63, 3.8) is 0 Å². The Kier molecular flexibility index (Phi) is 3.19. The monoisotopic (exact) mass is 275 g/mol. The molecule has 0 bridgehead atoms. The van der Waals surface area contributed by atoms with E-state index in [1.165, 1.54) is 6.33 Å². The molecule has 8 nitrogen and oxygen atoms in total. The summed E-state index contributed by atoms with van der Waals surface area (Å²) < 4.78 is 37.8. The fraction of sp³-hybridized carbons (Fsp3) is 0.375. The Morgan fingerprint density at radius 2 is 2.26 bits per heavy atom. The van der Waals surface area contributed by atoms with Gasteiger partial charge in [0.2, 0.25) is 0 Å². The number of alkyl halides is 3. The van der Waals surface area contributed by atoms with Crippen molar-refractivity contribution in [2.24, 2.45) is 0 Å². The average molecular weight is 275 g/mol. The summed E-state index contributed by atoms with van der Waals surface area (Å²) in [5.74, 6) is -0.736. The lowest BCUT2D eigenvalue weighted by molar-refractivity contribution is -0.138. The highest BCUT2D eigenvalue weighted by atomic mass is 19.4. The third-order valence-corrected chi connectivity index (χ3v) is 2.19. The van der Waals surface area contributed by atoms with Crippen LogP contribution in [0.25, 0.3) is 5.82 Å². The molecule has 0 spiro atoms. The van der Waals surface area contributed by atoms with E-state index < -0.39 is 18.6 Å². The van der Waals surface area contributed by atoms with Crippen molar-refractivity contribution in [3.8, 4) is 5.82 Å². The number of amides is 1. The van der Waals surface area contributed by atoms with Gasteiger partial charge in [-0.1, -0.05) is 0 Å². The van der Waals surface area contributed by atoms with Crippen molar-refractivity contribution in [3.05, 3.63) is 18.1 Å². The van der Waals surface area contributed by atoms with Gasteiger partial charge in [0.15, 0.2) is 5.82 Å². The second-order valence-corrected chi connectivity index (χ2v) is 3.66. The van der Waals surface area contributed by atoms with Gasteiger partial charge in [0.05, 0.1) is 6.20 Å². The van der Waals surface area contributed by atoms with Gasteiger partial charge in [-0.15, -0.1) is 5.10 Å². The number of carbonyl (C=O) groups is 1. The van der Waals surface area contributed by atoms with Gasteiger partial charge in [-0.25, -0.2) is 0 Å². The number of aromatic amines is 1. The highest BCUT2D eigenvalue weighted by Crippen LogP contribution is 2.18. The van der Waals surface area contributed by atoms with Crippen LogP contribution in [-0.4, -0.2) is 61.0 Å². The smallest absolute Gasteiger partial charge is 0.332 e. The first-order chi connectivity index (χ1) is 8.88. The molecule has 0 radical (unpaired) electrons. The first-order valence-corrected chi connectivity index (χ1v) is 4.97. The Morgan fingerprint density at radius 1 is 1.53 bits per heavy atom. The molecule has 0 aliphatic rings. The topological polar surface area (TPSA) is 92.6 Å². The van der Waals surface area contributed by atoms with Crippen LogP contribution in [0, 0.1) is 0 Å². The Bertz CT molecular complexity index is 561. The molecule has 2 aromatic heterocycles. The van der Waals surface area contributed by atoms with Gasteiger partial charge in [0, 0.05) is 7.05 Å². The summed E-state index contributed by atoms with van der Waals surface area (Å²) in [7, 11) is 1.05. The lowest BCUT2D eigenvalue weighted by Gasteiger charge is -2.18. The average Bonchev–Trinajstić information content (AvgIpc) is 2.96. The number of rotatable bonds is 3. The summed E-state index contributed by atoms with van der Waals surface area (Å²) in [5.41, 5.74) is -0.0564. The van der Waals surface area contributed by atoms with E-state index in [0.717, 1.165) is 17.9 Å². The summed E-state index contributed by atoms with van der Waals surface area (Å²) >= 11 is 0. The van der Waals surface area contributed by atoms with Gasteiger partial charge in [-0.05, 0) is 10.4 Å². The molecule has 0 aliphatic carbocycles. The third kappa shape index (κ3) is 2.86. The predicted octanol–water partition coefficient (Wildman–Crippen LogP) is 0.0197. The minimum Gasteiger partial charge on any atom is -0.332 e. The maximum Gasteiger partial charge on any atom is 0.406 e. The Morgan fingerprint density at radius 3 is 2.84 bits per heavy atom. The lowest BCUT2D eigenvalue weighted by atomic mass is 10.3. The second-order valence-electron chi connectivity index (χ2n) is 3.66. The van der Waals surface area contributed by atoms with Crippen LogP contribution in [0.15, 0.2) is 12.5 Å². The van der Waals surface area contributed by atoms with Crippen LogP contribution >= 0.6 is 0 Å². The highest BCUT2D eigenvalue weighted by Gasteiger charge is 2.32. The zero-order valence-corrected chi connectivity index (χ0v) is 9.59. The standard InChI is InChI=1S/C8H8F3N7O/c1-17(3-8(9,10)11)7(19)5-2-12-14-6(5)18-4-13-15-16-18/h2,4H,3H2,1H3,(H,12,14). The molecule has 2 aromatic rings. The van der Waals surface area contributed by atoms with E-state index in [9.17, 15) is 18.0 Å². The largest absolute Gasteiger partial charge is 0.406 e. The quantitative estimate of drug-likeness (QED) is 0.852. The van der Waals surface area contributed by atoms with Crippen LogP contribution in [0.2, 0.25) is 0 Å². The van der Waals surface area contributed by atoms with Gasteiger partial charge in [0.1, 0.15) is 18.4 Å². The number of nitrogens with one attached hydrogen (secondary N) is 1. The third-order valence-electron chi connectivity index (χ3n) is 2.19. The fourth-order valence-electron chi connectivity index (χ4n) is 1.42. The summed E-state index contributed by atoms with van der Waals surface area (Å²) in [5, 5.41) is 16.3. The Balaban J connectivity index is 2.23. The van der Waals surface area contributed by atoms with E-state index in [2.05, 4.69) is 25.7 Å². The van der Waals surface area contributed by atoms with E-state index in [0.29, 0.717) is 4.90 Å². The summed E-state index contributed by atoms with van der Waals surface area (Å²) in [6, 6.07) is 0. The van der Waals surface area contributed by atoms with Gasteiger partial charge < -0.3 is 4.90 Å². The molecule has 0 unspecified atom stereocenters. The Labute approximate surface area is 104 Å². The normalized spacial score (nSPS) is 11.6. The van der Waals surface area contributed by atoms with Crippen molar-refractivity contribution < 1.29 is 18.0 Å². The molecule has 11 heteroatoms. The van der Waals surface area contributed by atoms with E-state index in [-0.39, 0.29) is 11.4 Å². The van der Waals surface area contributed by atoms with E-state index >= 15 is 0 Å². The fourth-order valence-corrected chi connectivity index (χ4v) is 1.42. The second kappa shape index (κ2) is 4.66. The minimum atomic E-state index is -4.47. The Hall–Kier alpha value is -2.46. The maximum absolute atomic E-state index is 12.2. The van der Waals surface area contributed by atoms with Crippen molar-refractivity contribution in [1.82, 2.24) is 35.3 Å². The van der Waals surface area contributed by atoms with Crippen molar-refractivity contribution in [1.29, 1.82) is 0 Å². The van der Waals surface area contributed by atoms with E-state index in [1.54, 1.807) is 0 Å². The molecule has 0 aliphatic heterocycles. The molecular formula is C8H8F3N7O.